The van der Waals surface area contributed by atoms with Gasteiger partial charge in [-0.3, -0.25) is 9.69 Å². The summed E-state index contributed by atoms with van der Waals surface area (Å²) in [5, 5.41) is 3.29. The highest BCUT2D eigenvalue weighted by atomic mass is 19.1. The van der Waals surface area contributed by atoms with Gasteiger partial charge in [0.15, 0.2) is 0 Å². The summed E-state index contributed by atoms with van der Waals surface area (Å²) in [6, 6.07) is 8.20. The van der Waals surface area contributed by atoms with Crippen molar-refractivity contribution in [2.75, 3.05) is 70.7 Å². The van der Waals surface area contributed by atoms with Gasteiger partial charge in [0.25, 0.3) is 5.91 Å². The van der Waals surface area contributed by atoms with E-state index in [1.54, 1.807) is 50.5 Å². The van der Waals surface area contributed by atoms with Crippen molar-refractivity contribution in [1.29, 1.82) is 0 Å². The van der Waals surface area contributed by atoms with Crippen molar-refractivity contribution < 1.29 is 13.9 Å². The third-order valence-electron chi connectivity index (χ3n) is 5.24. The monoisotopic (exact) mass is 415 g/mol. The summed E-state index contributed by atoms with van der Waals surface area (Å²) in [5.41, 5.74) is 1.40. The van der Waals surface area contributed by atoms with E-state index in [2.05, 4.69) is 20.1 Å². The fourth-order valence-corrected chi connectivity index (χ4v) is 3.59. The number of pyridine rings is 1. The second kappa shape index (κ2) is 10.2. The Hall–Kier alpha value is -2.87. The molecule has 0 saturated carbocycles. The van der Waals surface area contributed by atoms with Crippen LogP contribution in [-0.2, 0) is 0 Å². The predicted octanol–water partition coefficient (Wildman–Crippen LogP) is 2.56. The first-order chi connectivity index (χ1) is 14.5. The molecule has 2 aromatic rings. The van der Waals surface area contributed by atoms with Crippen LogP contribution in [0.25, 0.3) is 0 Å². The van der Waals surface area contributed by atoms with E-state index >= 15 is 0 Å². The second-order valence-electron chi connectivity index (χ2n) is 7.52. The number of amides is 1. The van der Waals surface area contributed by atoms with E-state index in [0.717, 1.165) is 51.4 Å². The number of benzene rings is 1. The second-order valence-corrected chi connectivity index (χ2v) is 7.52. The van der Waals surface area contributed by atoms with Crippen molar-refractivity contribution in [1.82, 2.24) is 14.8 Å². The number of hydrogen-bond acceptors (Lipinski definition) is 6. The van der Waals surface area contributed by atoms with Gasteiger partial charge in [-0.15, -0.1) is 0 Å². The molecule has 0 atom stereocenters. The maximum Gasteiger partial charge on any atom is 0.257 e. The van der Waals surface area contributed by atoms with E-state index in [1.807, 2.05) is 0 Å². The summed E-state index contributed by atoms with van der Waals surface area (Å²) < 4.78 is 19.0. The molecular weight excluding hydrogens is 385 g/mol. The Labute approximate surface area is 177 Å². The van der Waals surface area contributed by atoms with E-state index in [-0.39, 0.29) is 11.7 Å². The lowest BCUT2D eigenvalue weighted by atomic mass is 10.2. The number of carbonyl (C=O) groups excluding carboxylic acids is 1. The number of piperazine rings is 1. The molecule has 8 heteroatoms. The Kier molecular flexibility index (Phi) is 7.46. The van der Waals surface area contributed by atoms with Crippen molar-refractivity contribution >= 4 is 17.4 Å². The van der Waals surface area contributed by atoms with Gasteiger partial charge >= 0.3 is 0 Å². The minimum atomic E-state index is -0.249. The number of methoxy groups -OCH3 is 1. The summed E-state index contributed by atoms with van der Waals surface area (Å²) in [6.45, 7) is 5.17. The lowest BCUT2D eigenvalue weighted by molar-refractivity contribution is 0.0828. The molecule has 0 spiro atoms. The Balaban J connectivity index is 1.45. The molecule has 0 unspecified atom stereocenters. The quantitative estimate of drug-likeness (QED) is 0.669. The van der Waals surface area contributed by atoms with Crippen molar-refractivity contribution in [3.8, 4) is 5.75 Å². The number of anilines is 2. The van der Waals surface area contributed by atoms with E-state index < -0.39 is 0 Å². The number of nitrogens with zero attached hydrogens (tertiary/aromatic N) is 4. The van der Waals surface area contributed by atoms with E-state index in [4.69, 9.17) is 4.74 Å². The van der Waals surface area contributed by atoms with Crippen LogP contribution in [0, 0.1) is 5.82 Å². The van der Waals surface area contributed by atoms with E-state index in [0.29, 0.717) is 17.1 Å². The zero-order chi connectivity index (χ0) is 21.5. The highest BCUT2D eigenvalue weighted by molar-refractivity contribution is 5.98. The van der Waals surface area contributed by atoms with Gasteiger partial charge in [-0.25, -0.2) is 9.37 Å². The van der Waals surface area contributed by atoms with Gasteiger partial charge in [-0.2, -0.15) is 0 Å². The SMILES string of the molecule is COc1ccc(F)cc1N1CCN(CCCNc2ncccc2C(=O)N(C)C)CC1. The molecule has 1 N–H and O–H groups in total. The number of aromatic nitrogens is 1. The summed E-state index contributed by atoms with van der Waals surface area (Å²) in [5.74, 6) is 1.02. The summed E-state index contributed by atoms with van der Waals surface area (Å²) in [6.07, 6.45) is 2.63. The molecular formula is C22H30FN5O2. The molecule has 1 aromatic heterocycles. The molecule has 1 saturated heterocycles. The molecule has 1 amide bonds. The fraction of sp³-hybridized carbons (Fsp3) is 0.455. The third kappa shape index (κ3) is 5.38. The van der Waals surface area contributed by atoms with Gasteiger partial charge in [0.1, 0.15) is 17.4 Å². The van der Waals surface area contributed by atoms with Crippen LogP contribution < -0.4 is 15.0 Å². The Bertz CT molecular complexity index is 853. The molecule has 7 nitrogen and oxygen atoms in total. The Morgan fingerprint density at radius 3 is 2.70 bits per heavy atom. The predicted molar refractivity (Wildman–Crippen MR) is 117 cm³/mol. The van der Waals surface area contributed by atoms with Gasteiger partial charge in [-0.1, -0.05) is 0 Å². The van der Waals surface area contributed by atoms with E-state index in [9.17, 15) is 9.18 Å². The molecule has 162 valence electrons. The molecule has 1 aliphatic rings. The average molecular weight is 416 g/mol. The summed E-state index contributed by atoms with van der Waals surface area (Å²) in [7, 11) is 5.08. The van der Waals surface area contributed by atoms with Gasteiger partial charge in [-0.05, 0) is 37.2 Å². The number of ether oxygens (including phenoxy) is 1. The molecule has 3 rings (SSSR count). The topological polar surface area (TPSA) is 60.9 Å². The van der Waals surface area contributed by atoms with Crippen LogP contribution in [-0.4, -0.2) is 81.2 Å². The van der Waals surface area contributed by atoms with Crippen molar-refractivity contribution in [2.45, 2.75) is 6.42 Å². The minimum Gasteiger partial charge on any atom is -0.495 e. The third-order valence-corrected chi connectivity index (χ3v) is 5.24. The highest BCUT2D eigenvalue weighted by Gasteiger charge is 2.20. The summed E-state index contributed by atoms with van der Waals surface area (Å²) in [4.78, 5) is 22.7. The number of carbonyl (C=O) groups is 1. The Morgan fingerprint density at radius 1 is 1.23 bits per heavy atom. The van der Waals surface area contributed by atoms with E-state index in [1.165, 1.54) is 12.1 Å². The number of nitrogens with one attached hydrogen (secondary N) is 1. The van der Waals surface area contributed by atoms with Gasteiger partial charge in [0.05, 0.1) is 18.4 Å². The van der Waals surface area contributed by atoms with Crippen LogP contribution in [0.2, 0.25) is 0 Å². The Morgan fingerprint density at radius 2 is 2.00 bits per heavy atom. The maximum absolute atomic E-state index is 13.7. The van der Waals surface area contributed by atoms with Gasteiger partial charge in [0, 0.05) is 59.1 Å². The molecule has 2 heterocycles. The van der Waals surface area contributed by atoms with Crippen molar-refractivity contribution in [2.24, 2.45) is 0 Å². The normalized spacial score (nSPS) is 14.5. The molecule has 0 bridgehead atoms. The first-order valence-electron chi connectivity index (χ1n) is 10.2. The fourth-order valence-electron chi connectivity index (χ4n) is 3.59. The number of rotatable bonds is 8. The van der Waals surface area contributed by atoms with Crippen LogP contribution >= 0.6 is 0 Å². The summed E-state index contributed by atoms with van der Waals surface area (Å²) >= 11 is 0. The van der Waals surface area contributed by atoms with Crippen LogP contribution in [0.15, 0.2) is 36.5 Å². The smallest absolute Gasteiger partial charge is 0.257 e. The van der Waals surface area contributed by atoms with Crippen LogP contribution in [0.4, 0.5) is 15.9 Å². The number of hydrogen-bond donors (Lipinski definition) is 1. The van der Waals surface area contributed by atoms with Gasteiger partial charge < -0.3 is 19.9 Å². The molecule has 1 aliphatic heterocycles. The average Bonchev–Trinajstić information content (AvgIpc) is 2.77. The first kappa shape index (κ1) is 21.8. The van der Waals surface area contributed by atoms with Crippen LogP contribution in [0.3, 0.4) is 0 Å². The maximum atomic E-state index is 13.7. The lowest BCUT2D eigenvalue weighted by Gasteiger charge is -2.36. The zero-order valence-corrected chi connectivity index (χ0v) is 17.9. The zero-order valence-electron chi connectivity index (χ0n) is 17.9. The lowest BCUT2D eigenvalue weighted by Crippen LogP contribution is -2.47. The van der Waals surface area contributed by atoms with Gasteiger partial charge in [0.2, 0.25) is 0 Å². The standard InChI is InChI=1S/C22H30FN5O2/c1-26(2)22(29)18-6-4-9-24-21(18)25-10-5-11-27-12-14-28(15-13-27)19-16-17(23)7-8-20(19)30-3/h4,6-9,16H,5,10-15H2,1-3H3,(H,24,25). The van der Waals surface area contributed by atoms with Crippen LogP contribution in [0.5, 0.6) is 5.75 Å². The molecule has 0 aliphatic carbocycles. The molecule has 30 heavy (non-hydrogen) atoms. The van der Waals surface area contributed by atoms with Crippen molar-refractivity contribution in [3.63, 3.8) is 0 Å². The largest absolute Gasteiger partial charge is 0.495 e. The number of halogens is 1. The van der Waals surface area contributed by atoms with Crippen LogP contribution in [0.1, 0.15) is 16.8 Å². The first-order valence-corrected chi connectivity index (χ1v) is 10.2. The molecule has 0 radical (unpaired) electrons. The minimum absolute atomic E-state index is 0.0606. The molecule has 1 aromatic carbocycles. The van der Waals surface area contributed by atoms with Crippen molar-refractivity contribution in [3.05, 3.63) is 47.9 Å². The molecule has 1 fully saturated rings. The highest BCUT2D eigenvalue weighted by Crippen LogP contribution is 2.29.